The number of hydrogen-bond donors (Lipinski definition) is 2. The maximum atomic E-state index is 13.4. The van der Waals surface area contributed by atoms with Crippen molar-refractivity contribution in [3.63, 3.8) is 0 Å². The summed E-state index contributed by atoms with van der Waals surface area (Å²) in [6.45, 7) is -0.869. The maximum Gasteiger partial charge on any atom is 0.416 e. The van der Waals surface area contributed by atoms with Crippen molar-refractivity contribution in [1.29, 1.82) is 0 Å². The molecule has 2 atom stereocenters. The van der Waals surface area contributed by atoms with E-state index in [4.69, 9.17) is 4.74 Å². The number of benzene rings is 1. The van der Waals surface area contributed by atoms with Gasteiger partial charge in [-0.05, 0) is 36.8 Å². The van der Waals surface area contributed by atoms with E-state index in [0.717, 1.165) is 22.6 Å². The minimum Gasteiger partial charge on any atom is -0.487 e. The van der Waals surface area contributed by atoms with Crippen LogP contribution in [-0.4, -0.2) is 52.6 Å². The summed E-state index contributed by atoms with van der Waals surface area (Å²) < 4.78 is 84.1. The highest BCUT2D eigenvalue weighted by molar-refractivity contribution is 7.89. The third-order valence-electron chi connectivity index (χ3n) is 4.86. The second kappa shape index (κ2) is 9.00. The van der Waals surface area contributed by atoms with Gasteiger partial charge in [-0.3, -0.25) is 4.79 Å². The molecular formula is C19H18F4N2O6S. The van der Waals surface area contributed by atoms with Crippen LogP contribution in [0.15, 0.2) is 41.6 Å². The average Bonchev–Trinajstić information content (AvgIpc) is 2.71. The number of carboxylic acid groups (broad SMARTS) is 1. The van der Waals surface area contributed by atoms with E-state index >= 15 is 0 Å². The van der Waals surface area contributed by atoms with Crippen molar-refractivity contribution in [3.05, 3.63) is 53.5 Å². The van der Waals surface area contributed by atoms with Crippen molar-refractivity contribution < 1.29 is 45.7 Å². The zero-order chi connectivity index (χ0) is 23.7. The Hall–Kier alpha value is -2.77. The number of carbonyl (C=O) groups is 1. The van der Waals surface area contributed by atoms with Crippen LogP contribution in [0.4, 0.5) is 17.6 Å². The lowest BCUT2D eigenvalue weighted by molar-refractivity contribution is -0.144. The highest BCUT2D eigenvalue weighted by Gasteiger charge is 2.41. The third kappa shape index (κ3) is 5.16. The monoisotopic (exact) mass is 478 g/mol. The number of aromatic nitrogens is 1. The molecule has 0 radical (unpaired) electrons. The second-order valence-electron chi connectivity index (χ2n) is 7.07. The topological polar surface area (TPSA) is 117 Å². The summed E-state index contributed by atoms with van der Waals surface area (Å²) in [6.07, 6.45) is -4.93. The third-order valence-corrected chi connectivity index (χ3v) is 6.68. The number of aliphatic hydroxyl groups is 1. The van der Waals surface area contributed by atoms with Gasteiger partial charge < -0.3 is 14.9 Å². The average molecular weight is 478 g/mol. The Morgan fingerprint density at radius 2 is 1.97 bits per heavy atom. The van der Waals surface area contributed by atoms with E-state index in [9.17, 15) is 41.0 Å². The van der Waals surface area contributed by atoms with Crippen molar-refractivity contribution in [2.75, 3.05) is 6.54 Å². The normalized spacial score (nSPS) is 20.2. The molecule has 174 valence electrons. The van der Waals surface area contributed by atoms with Crippen LogP contribution in [0, 0.1) is 5.82 Å². The standard InChI is InChI=1S/C19H18F4N2O6S/c20-12-1-3-15(19(21,22)23)11(7-12)10-31-14-2-4-17(24-9-14)32(29,30)25-6-5-13(26)8-16(25)18(27)28/h1-4,7,9,13,16,26H,5-6,8,10H2,(H,27,28). The Morgan fingerprint density at radius 3 is 2.56 bits per heavy atom. The number of alkyl halides is 3. The molecule has 32 heavy (non-hydrogen) atoms. The van der Waals surface area contributed by atoms with E-state index in [1.165, 1.54) is 0 Å². The molecule has 13 heteroatoms. The van der Waals surface area contributed by atoms with E-state index in [2.05, 4.69) is 4.98 Å². The van der Waals surface area contributed by atoms with E-state index in [0.29, 0.717) is 18.2 Å². The van der Waals surface area contributed by atoms with Crippen molar-refractivity contribution in [2.24, 2.45) is 0 Å². The van der Waals surface area contributed by atoms with Crippen molar-refractivity contribution >= 4 is 16.0 Å². The van der Waals surface area contributed by atoms with E-state index in [1.54, 1.807) is 0 Å². The molecule has 0 amide bonds. The molecule has 2 N–H and O–H groups in total. The molecule has 0 saturated carbocycles. The molecule has 1 saturated heterocycles. The summed E-state index contributed by atoms with van der Waals surface area (Å²) in [7, 11) is -4.32. The first-order valence-corrected chi connectivity index (χ1v) is 10.7. The Kier molecular flexibility index (Phi) is 6.72. The van der Waals surface area contributed by atoms with Gasteiger partial charge in [-0.15, -0.1) is 0 Å². The summed E-state index contributed by atoms with van der Waals surface area (Å²) in [4.78, 5) is 15.2. The lowest BCUT2D eigenvalue weighted by Gasteiger charge is -2.33. The number of rotatable bonds is 6. The number of hydrogen-bond acceptors (Lipinski definition) is 6. The number of pyridine rings is 1. The summed E-state index contributed by atoms with van der Waals surface area (Å²) in [5.41, 5.74) is -1.52. The number of nitrogens with zero attached hydrogens (tertiary/aromatic N) is 2. The number of sulfonamides is 1. The lowest BCUT2D eigenvalue weighted by atomic mass is 10.0. The maximum absolute atomic E-state index is 13.4. The second-order valence-corrected chi connectivity index (χ2v) is 8.91. The van der Waals surface area contributed by atoms with E-state index < -0.39 is 62.9 Å². The van der Waals surface area contributed by atoms with Crippen LogP contribution in [-0.2, 0) is 27.6 Å². The molecule has 2 aromatic rings. The highest BCUT2D eigenvalue weighted by Crippen LogP contribution is 2.33. The van der Waals surface area contributed by atoms with Crippen LogP contribution in [0.2, 0.25) is 0 Å². The molecule has 1 fully saturated rings. The molecule has 0 bridgehead atoms. The Balaban J connectivity index is 1.77. The summed E-state index contributed by atoms with van der Waals surface area (Å²) >= 11 is 0. The van der Waals surface area contributed by atoms with Crippen LogP contribution in [0.5, 0.6) is 5.75 Å². The van der Waals surface area contributed by atoms with Gasteiger partial charge in [0.1, 0.15) is 24.2 Å². The van der Waals surface area contributed by atoms with Gasteiger partial charge in [0, 0.05) is 18.5 Å². The minimum atomic E-state index is -4.72. The quantitative estimate of drug-likeness (QED) is 0.613. The predicted octanol–water partition coefficient (Wildman–Crippen LogP) is 2.42. The number of ether oxygens (including phenoxy) is 1. The number of halogens is 4. The SMILES string of the molecule is O=C(O)C1CC(O)CCN1S(=O)(=O)c1ccc(OCc2cc(F)ccc2C(F)(F)F)cn1. The Morgan fingerprint density at radius 1 is 1.25 bits per heavy atom. The fourth-order valence-electron chi connectivity index (χ4n) is 3.28. The van der Waals surface area contributed by atoms with Gasteiger partial charge in [0.15, 0.2) is 5.03 Å². The summed E-state index contributed by atoms with van der Waals surface area (Å²) in [5, 5.41) is 18.5. The summed E-state index contributed by atoms with van der Waals surface area (Å²) in [6, 6.07) is 2.65. The number of aliphatic hydroxyl groups excluding tert-OH is 1. The van der Waals surface area contributed by atoms with Crippen LogP contribution in [0.1, 0.15) is 24.0 Å². The predicted molar refractivity (Wildman–Crippen MR) is 101 cm³/mol. The smallest absolute Gasteiger partial charge is 0.416 e. The molecule has 0 spiro atoms. The molecule has 2 unspecified atom stereocenters. The number of piperidine rings is 1. The molecule has 0 aliphatic carbocycles. The van der Waals surface area contributed by atoms with Gasteiger partial charge in [-0.2, -0.15) is 17.5 Å². The molecule has 1 aromatic carbocycles. The summed E-state index contributed by atoms with van der Waals surface area (Å²) in [5.74, 6) is -2.37. The van der Waals surface area contributed by atoms with Gasteiger partial charge >= 0.3 is 12.1 Å². The first-order chi connectivity index (χ1) is 14.9. The largest absolute Gasteiger partial charge is 0.487 e. The zero-order valence-corrected chi connectivity index (χ0v) is 17.1. The molecule has 1 aliphatic heterocycles. The first-order valence-electron chi connectivity index (χ1n) is 9.27. The molecule has 2 heterocycles. The lowest BCUT2D eigenvalue weighted by Crippen LogP contribution is -2.51. The van der Waals surface area contributed by atoms with E-state index in [-0.39, 0.29) is 25.1 Å². The molecule has 3 rings (SSSR count). The highest BCUT2D eigenvalue weighted by atomic mass is 32.2. The van der Waals surface area contributed by atoms with Crippen molar-refractivity contribution in [3.8, 4) is 5.75 Å². The fourth-order valence-corrected chi connectivity index (χ4v) is 4.80. The van der Waals surface area contributed by atoms with Gasteiger partial charge in [0.2, 0.25) is 0 Å². The van der Waals surface area contributed by atoms with Crippen LogP contribution >= 0.6 is 0 Å². The van der Waals surface area contributed by atoms with Crippen LogP contribution < -0.4 is 4.74 Å². The van der Waals surface area contributed by atoms with Gasteiger partial charge in [0.25, 0.3) is 10.0 Å². The van der Waals surface area contributed by atoms with Gasteiger partial charge in [-0.1, -0.05) is 0 Å². The zero-order valence-electron chi connectivity index (χ0n) is 16.3. The minimum absolute atomic E-state index is 0.0549. The fraction of sp³-hybridized carbons (Fsp3) is 0.368. The Labute approximate surface area is 180 Å². The van der Waals surface area contributed by atoms with E-state index in [1.807, 2.05) is 0 Å². The Bertz CT molecular complexity index is 1090. The van der Waals surface area contributed by atoms with Crippen molar-refractivity contribution in [1.82, 2.24) is 9.29 Å². The molecule has 8 nitrogen and oxygen atoms in total. The van der Waals surface area contributed by atoms with Crippen LogP contribution in [0.3, 0.4) is 0 Å². The van der Waals surface area contributed by atoms with Crippen molar-refractivity contribution in [2.45, 2.75) is 42.8 Å². The molecule has 1 aliphatic rings. The van der Waals surface area contributed by atoms with Crippen LogP contribution in [0.25, 0.3) is 0 Å². The first kappa shape index (κ1) is 23.9. The van der Waals surface area contributed by atoms with Gasteiger partial charge in [0.05, 0.1) is 17.9 Å². The molecule has 1 aromatic heterocycles. The number of carboxylic acids is 1. The number of aliphatic carboxylic acids is 1. The molecular weight excluding hydrogens is 460 g/mol. The van der Waals surface area contributed by atoms with Gasteiger partial charge in [-0.25, -0.2) is 17.8 Å².